The van der Waals surface area contributed by atoms with E-state index in [0.717, 1.165) is 32.4 Å². The van der Waals surface area contributed by atoms with Crippen LogP contribution in [-0.4, -0.2) is 29.9 Å². The van der Waals surface area contributed by atoms with E-state index >= 15 is 0 Å². The molecule has 1 aromatic rings. The quantitative estimate of drug-likeness (QED) is 0.753. The summed E-state index contributed by atoms with van der Waals surface area (Å²) in [5.74, 6) is 1.84. The van der Waals surface area contributed by atoms with E-state index in [1.165, 1.54) is 56.1 Å². The molecule has 1 aliphatic heterocycles. The molecule has 1 amide bonds. The molecule has 3 nitrogen and oxygen atoms in total. The molecule has 4 aliphatic rings. The number of amides is 1. The van der Waals surface area contributed by atoms with Crippen molar-refractivity contribution >= 4 is 18.3 Å². The van der Waals surface area contributed by atoms with E-state index in [0.29, 0.717) is 23.8 Å². The molecule has 154 valence electrons. The number of nitrogens with two attached hydrogens (primary N) is 1. The van der Waals surface area contributed by atoms with Crippen molar-refractivity contribution in [1.29, 1.82) is 0 Å². The van der Waals surface area contributed by atoms with Gasteiger partial charge in [0.15, 0.2) is 0 Å². The summed E-state index contributed by atoms with van der Waals surface area (Å²) >= 11 is 0. The fourth-order valence-electron chi connectivity index (χ4n) is 7.00. The Hall–Kier alpha value is -1.06. The highest BCUT2D eigenvalue weighted by molar-refractivity contribution is 5.85. The number of hydrogen-bond acceptors (Lipinski definition) is 2. The zero-order chi connectivity index (χ0) is 18.4. The zero-order valence-electron chi connectivity index (χ0n) is 16.9. The third kappa shape index (κ3) is 3.39. The van der Waals surface area contributed by atoms with Crippen LogP contribution in [-0.2, 0) is 16.6 Å². The average Bonchev–Trinajstić information content (AvgIpc) is 2.68. The van der Waals surface area contributed by atoms with Crippen LogP contribution >= 0.6 is 12.4 Å². The molecule has 3 aliphatic carbocycles. The lowest BCUT2D eigenvalue weighted by Crippen LogP contribution is -2.54. The molecule has 5 rings (SSSR count). The van der Waals surface area contributed by atoms with Crippen LogP contribution < -0.4 is 5.73 Å². The Balaban J connectivity index is 0.00000192. The van der Waals surface area contributed by atoms with E-state index in [1.807, 2.05) is 0 Å². The maximum atomic E-state index is 13.5. The number of aryl methyl sites for hydroxylation is 1. The van der Waals surface area contributed by atoms with Crippen molar-refractivity contribution in [2.45, 2.75) is 75.7 Å². The SMILES string of the molecule is Cl.NC1C2CCCC1CC(C(=O)N1CCCC3(CCCc4ccccc43)C1)C2. The van der Waals surface area contributed by atoms with Crippen LogP contribution in [0.15, 0.2) is 24.3 Å². The first-order valence-corrected chi connectivity index (χ1v) is 11.3. The van der Waals surface area contributed by atoms with Crippen LogP contribution in [0.3, 0.4) is 0 Å². The molecule has 0 radical (unpaired) electrons. The van der Waals surface area contributed by atoms with Crippen LogP contribution in [0, 0.1) is 17.8 Å². The second-order valence-corrected chi connectivity index (χ2v) is 9.85. The molecule has 1 saturated heterocycles. The van der Waals surface area contributed by atoms with Gasteiger partial charge in [-0.25, -0.2) is 0 Å². The topological polar surface area (TPSA) is 46.3 Å². The molecule has 2 bridgehead atoms. The van der Waals surface area contributed by atoms with E-state index in [2.05, 4.69) is 29.2 Å². The summed E-state index contributed by atoms with van der Waals surface area (Å²) in [6, 6.07) is 9.36. The van der Waals surface area contributed by atoms with Gasteiger partial charge in [-0.1, -0.05) is 30.7 Å². The van der Waals surface area contributed by atoms with Gasteiger partial charge in [-0.05, 0) is 80.8 Å². The lowest BCUT2D eigenvalue weighted by atomic mass is 9.64. The molecule has 28 heavy (non-hydrogen) atoms. The predicted octanol–water partition coefficient (Wildman–Crippen LogP) is 4.46. The highest BCUT2D eigenvalue weighted by Crippen LogP contribution is 2.46. The normalized spacial score (nSPS) is 37.1. The molecular weight excluding hydrogens is 368 g/mol. The number of carbonyl (C=O) groups is 1. The maximum absolute atomic E-state index is 13.5. The summed E-state index contributed by atoms with van der Waals surface area (Å²) < 4.78 is 0. The second-order valence-electron chi connectivity index (χ2n) is 9.85. The van der Waals surface area contributed by atoms with Gasteiger partial charge in [0.25, 0.3) is 0 Å². The first-order chi connectivity index (χ1) is 13.2. The molecule has 3 atom stereocenters. The number of carbonyl (C=O) groups excluding carboxylic acids is 1. The minimum Gasteiger partial charge on any atom is -0.342 e. The number of hydrogen-bond donors (Lipinski definition) is 1. The molecule has 2 saturated carbocycles. The summed E-state index contributed by atoms with van der Waals surface area (Å²) in [6.07, 6.45) is 12.0. The van der Waals surface area contributed by atoms with E-state index in [4.69, 9.17) is 5.73 Å². The number of benzene rings is 1. The summed E-state index contributed by atoms with van der Waals surface area (Å²) in [4.78, 5) is 15.8. The van der Waals surface area contributed by atoms with Gasteiger partial charge < -0.3 is 10.6 Å². The standard InChI is InChI=1S/C24H34N2O.ClH/c25-22-18-7-3-8-19(22)15-20(14-18)23(27)26-13-5-12-24(16-26)11-4-9-17-6-1-2-10-21(17)24;/h1-2,6,10,18-20,22H,3-5,7-9,11-16,25H2;1H. The van der Waals surface area contributed by atoms with Crippen LogP contribution in [0.4, 0.5) is 0 Å². The number of rotatable bonds is 1. The first-order valence-electron chi connectivity index (χ1n) is 11.3. The smallest absolute Gasteiger partial charge is 0.225 e. The monoisotopic (exact) mass is 402 g/mol. The maximum Gasteiger partial charge on any atom is 0.225 e. The fraction of sp³-hybridized carbons (Fsp3) is 0.708. The van der Waals surface area contributed by atoms with Crippen molar-refractivity contribution in [1.82, 2.24) is 4.90 Å². The zero-order valence-corrected chi connectivity index (χ0v) is 17.8. The molecule has 3 unspecified atom stereocenters. The molecular formula is C24H35ClN2O. The third-order valence-electron chi connectivity index (χ3n) is 8.34. The average molecular weight is 403 g/mol. The molecule has 1 heterocycles. The Bertz CT molecular complexity index is 708. The van der Waals surface area contributed by atoms with Gasteiger partial charge >= 0.3 is 0 Å². The van der Waals surface area contributed by atoms with E-state index in [-0.39, 0.29) is 23.7 Å². The molecule has 3 fully saturated rings. The lowest BCUT2D eigenvalue weighted by molar-refractivity contribution is -0.141. The highest BCUT2D eigenvalue weighted by atomic mass is 35.5. The van der Waals surface area contributed by atoms with Crippen molar-refractivity contribution in [3.05, 3.63) is 35.4 Å². The van der Waals surface area contributed by atoms with Crippen molar-refractivity contribution in [3.63, 3.8) is 0 Å². The van der Waals surface area contributed by atoms with E-state index < -0.39 is 0 Å². The summed E-state index contributed by atoms with van der Waals surface area (Å²) in [6.45, 7) is 1.90. The van der Waals surface area contributed by atoms with Crippen LogP contribution in [0.2, 0.25) is 0 Å². The van der Waals surface area contributed by atoms with E-state index in [9.17, 15) is 4.79 Å². The van der Waals surface area contributed by atoms with Gasteiger partial charge in [-0.2, -0.15) is 0 Å². The van der Waals surface area contributed by atoms with Crippen molar-refractivity contribution in [3.8, 4) is 0 Å². The summed E-state index contributed by atoms with van der Waals surface area (Å²) in [5, 5.41) is 0. The third-order valence-corrected chi connectivity index (χ3v) is 8.34. The molecule has 2 N–H and O–H groups in total. The Morgan fingerprint density at radius 3 is 2.54 bits per heavy atom. The van der Waals surface area contributed by atoms with Crippen LogP contribution in [0.25, 0.3) is 0 Å². The van der Waals surface area contributed by atoms with Gasteiger partial charge in [0.05, 0.1) is 0 Å². The molecule has 1 aromatic carbocycles. The van der Waals surface area contributed by atoms with Crippen LogP contribution in [0.5, 0.6) is 0 Å². The van der Waals surface area contributed by atoms with Gasteiger partial charge in [-0.3, -0.25) is 4.79 Å². The number of likely N-dealkylation sites (tertiary alicyclic amines) is 1. The van der Waals surface area contributed by atoms with Crippen molar-refractivity contribution in [2.24, 2.45) is 23.5 Å². The summed E-state index contributed by atoms with van der Waals surface area (Å²) in [7, 11) is 0. The molecule has 0 aromatic heterocycles. The number of fused-ring (bicyclic) bond motifs is 4. The fourth-order valence-corrected chi connectivity index (χ4v) is 7.00. The highest BCUT2D eigenvalue weighted by Gasteiger charge is 2.45. The van der Waals surface area contributed by atoms with Crippen LogP contribution in [0.1, 0.15) is 68.9 Å². The minimum atomic E-state index is 0. The number of halogens is 1. The summed E-state index contributed by atoms with van der Waals surface area (Å²) in [5.41, 5.74) is 9.74. The molecule has 4 heteroatoms. The Morgan fingerprint density at radius 2 is 1.75 bits per heavy atom. The Kier molecular flexibility index (Phi) is 5.77. The Labute approximate surface area is 175 Å². The number of piperidine rings is 1. The number of nitrogens with zero attached hydrogens (tertiary/aromatic N) is 1. The van der Waals surface area contributed by atoms with Gasteiger partial charge in [0.2, 0.25) is 5.91 Å². The van der Waals surface area contributed by atoms with Crippen molar-refractivity contribution in [2.75, 3.05) is 13.1 Å². The molecule has 1 spiro atoms. The van der Waals surface area contributed by atoms with E-state index in [1.54, 1.807) is 0 Å². The van der Waals surface area contributed by atoms with Gasteiger partial charge in [0, 0.05) is 30.5 Å². The minimum absolute atomic E-state index is 0. The largest absolute Gasteiger partial charge is 0.342 e. The van der Waals surface area contributed by atoms with Gasteiger partial charge in [0.1, 0.15) is 0 Å². The second kappa shape index (κ2) is 7.99. The lowest BCUT2D eigenvalue weighted by Gasteiger charge is -2.49. The van der Waals surface area contributed by atoms with Gasteiger partial charge in [-0.15, -0.1) is 12.4 Å². The Morgan fingerprint density at radius 1 is 1.04 bits per heavy atom. The van der Waals surface area contributed by atoms with Crippen molar-refractivity contribution < 1.29 is 4.79 Å². The first kappa shape index (κ1) is 20.2. The predicted molar refractivity (Wildman–Crippen MR) is 116 cm³/mol.